The predicted octanol–water partition coefficient (Wildman–Crippen LogP) is 3.43. The van der Waals surface area contributed by atoms with E-state index in [2.05, 4.69) is 5.32 Å². The molecule has 3 rings (SSSR count). The molecule has 1 heterocycles. The van der Waals surface area contributed by atoms with E-state index in [1.54, 1.807) is 30.0 Å². The zero-order valence-electron chi connectivity index (χ0n) is 12.9. The van der Waals surface area contributed by atoms with E-state index in [1.807, 2.05) is 30.5 Å². The summed E-state index contributed by atoms with van der Waals surface area (Å²) in [6.45, 7) is -0.190. The third-order valence-electron chi connectivity index (χ3n) is 3.54. The van der Waals surface area contributed by atoms with Gasteiger partial charge in [-0.15, -0.1) is 11.8 Å². The Hall–Kier alpha value is -2.18. The molecule has 124 valence electrons. The monoisotopic (exact) mass is 362 g/mol. The molecule has 5 nitrogen and oxygen atoms in total. The molecule has 0 atom stereocenters. The Morgan fingerprint density at radius 3 is 2.75 bits per heavy atom. The van der Waals surface area contributed by atoms with E-state index < -0.39 is 0 Å². The van der Waals surface area contributed by atoms with Crippen molar-refractivity contribution < 1.29 is 14.3 Å². The summed E-state index contributed by atoms with van der Waals surface area (Å²) in [5.74, 6) is -0.0261. The Morgan fingerprint density at radius 1 is 1.29 bits per heavy atom. The van der Waals surface area contributed by atoms with Gasteiger partial charge in [0.25, 0.3) is 5.91 Å². The topological polar surface area (TPSA) is 58.6 Å². The number of nitrogens with one attached hydrogen (secondary N) is 1. The molecule has 1 aliphatic rings. The molecule has 0 aromatic heterocycles. The Balaban J connectivity index is 1.74. The molecule has 24 heavy (non-hydrogen) atoms. The molecule has 2 aromatic rings. The molecule has 1 N–H and O–H groups in total. The molecule has 0 saturated heterocycles. The van der Waals surface area contributed by atoms with E-state index in [1.165, 1.54) is 4.90 Å². The highest BCUT2D eigenvalue weighted by atomic mass is 35.5. The van der Waals surface area contributed by atoms with E-state index in [4.69, 9.17) is 16.3 Å². The lowest BCUT2D eigenvalue weighted by Crippen LogP contribution is -2.43. The smallest absolute Gasteiger partial charge is 0.265 e. The number of carbonyl (C=O) groups is 2. The normalized spacial score (nSPS) is 13.2. The van der Waals surface area contributed by atoms with Gasteiger partial charge >= 0.3 is 0 Å². The third-order valence-corrected chi connectivity index (χ3v) is 4.52. The lowest BCUT2D eigenvalue weighted by Gasteiger charge is -2.29. The van der Waals surface area contributed by atoms with Gasteiger partial charge in [0.2, 0.25) is 5.91 Å². The molecule has 7 heteroatoms. The van der Waals surface area contributed by atoms with Crippen LogP contribution in [0.4, 0.5) is 11.4 Å². The molecule has 0 spiro atoms. The van der Waals surface area contributed by atoms with Crippen molar-refractivity contribution in [2.75, 3.05) is 29.6 Å². The first-order valence-electron chi connectivity index (χ1n) is 7.23. The molecular formula is C17H15ClN2O3S. The van der Waals surface area contributed by atoms with E-state index >= 15 is 0 Å². The van der Waals surface area contributed by atoms with Crippen LogP contribution in [0.2, 0.25) is 5.02 Å². The summed E-state index contributed by atoms with van der Waals surface area (Å²) in [6.07, 6.45) is 1.99. The second kappa shape index (κ2) is 7.15. The predicted molar refractivity (Wildman–Crippen MR) is 96.2 cm³/mol. The number of anilines is 2. The summed E-state index contributed by atoms with van der Waals surface area (Å²) in [4.78, 5) is 26.9. The van der Waals surface area contributed by atoms with Gasteiger partial charge in [-0.05, 0) is 48.7 Å². The lowest BCUT2D eigenvalue weighted by molar-refractivity contribution is -0.123. The minimum absolute atomic E-state index is 0.0929. The zero-order valence-corrected chi connectivity index (χ0v) is 14.5. The minimum atomic E-state index is -0.284. The maximum Gasteiger partial charge on any atom is 0.265 e. The molecule has 0 fully saturated rings. The molecule has 0 unspecified atom stereocenters. The fraction of sp³-hybridized carbons (Fsp3) is 0.176. The van der Waals surface area contributed by atoms with Crippen molar-refractivity contribution >= 4 is 46.6 Å². The molecule has 0 saturated carbocycles. The van der Waals surface area contributed by atoms with Gasteiger partial charge in [0, 0.05) is 15.6 Å². The number of nitrogens with zero attached hydrogens (tertiary/aromatic N) is 1. The number of fused-ring (bicyclic) bond motifs is 1. The van der Waals surface area contributed by atoms with E-state index in [-0.39, 0.29) is 25.0 Å². The van der Waals surface area contributed by atoms with E-state index in [0.29, 0.717) is 22.1 Å². The molecular weight excluding hydrogens is 348 g/mol. The van der Waals surface area contributed by atoms with Crippen molar-refractivity contribution in [3.63, 3.8) is 0 Å². The van der Waals surface area contributed by atoms with Crippen molar-refractivity contribution in [2.45, 2.75) is 4.90 Å². The number of carbonyl (C=O) groups excluding carboxylic acids is 2. The van der Waals surface area contributed by atoms with Crippen molar-refractivity contribution in [1.29, 1.82) is 0 Å². The average molecular weight is 363 g/mol. The van der Waals surface area contributed by atoms with Crippen LogP contribution >= 0.6 is 23.4 Å². The van der Waals surface area contributed by atoms with Gasteiger partial charge in [0.05, 0.1) is 5.69 Å². The summed E-state index contributed by atoms with van der Waals surface area (Å²) < 4.78 is 5.36. The molecule has 0 bridgehead atoms. The SMILES string of the molecule is CSc1ccc(NC(=O)CN2C(=O)COc3ccc(Cl)cc32)cc1. The lowest BCUT2D eigenvalue weighted by atomic mass is 10.2. The van der Waals surface area contributed by atoms with Gasteiger partial charge < -0.3 is 10.1 Å². The Labute approximate surface area is 148 Å². The number of hydrogen-bond acceptors (Lipinski definition) is 4. The van der Waals surface area contributed by atoms with Crippen LogP contribution in [0.1, 0.15) is 0 Å². The number of halogens is 1. The second-order valence-corrected chi connectivity index (χ2v) is 6.47. The first-order valence-corrected chi connectivity index (χ1v) is 8.84. The summed E-state index contributed by atoms with van der Waals surface area (Å²) in [5.41, 5.74) is 1.19. The van der Waals surface area contributed by atoms with Gasteiger partial charge in [0.15, 0.2) is 6.61 Å². The van der Waals surface area contributed by atoms with Crippen molar-refractivity contribution in [3.05, 3.63) is 47.5 Å². The Kier molecular flexibility index (Phi) is 4.97. The third kappa shape index (κ3) is 3.66. The quantitative estimate of drug-likeness (QED) is 0.846. The van der Waals surface area contributed by atoms with Gasteiger partial charge in [-0.3, -0.25) is 14.5 Å². The van der Waals surface area contributed by atoms with Crippen molar-refractivity contribution in [1.82, 2.24) is 0 Å². The highest BCUT2D eigenvalue weighted by Crippen LogP contribution is 2.34. The number of thioether (sulfide) groups is 1. The fourth-order valence-corrected chi connectivity index (χ4v) is 2.94. The number of benzene rings is 2. The van der Waals surface area contributed by atoms with Crippen LogP contribution in [0.3, 0.4) is 0 Å². The first-order chi connectivity index (χ1) is 11.6. The molecule has 2 aromatic carbocycles. The minimum Gasteiger partial charge on any atom is -0.482 e. The highest BCUT2D eigenvalue weighted by Gasteiger charge is 2.27. The molecule has 0 aliphatic carbocycles. The number of ether oxygens (including phenoxy) is 1. The molecule has 2 amide bonds. The summed E-state index contributed by atoms with van der Waals surface area (Å²) in [5, 5.41) is 3.27. The van der Waals surface area contributed by atoms with Gasteiger partial charge in [-0.25, -0.2) is 0 Å². The Bertz CT molecular complexity index is 780. The summed E-state index contributed by atoms with van der Waals surface area (Å²) in [6, 6.07) is 12.5. The average Bonchev–Trinajstić information content (AvgIpc) is 2.58. The molecule has 1 aliphatic heterocycles. The van der Waals surface area contributed by atoms with Crippen LogP contribution in [0.15, 0.2) is 47.4 Å². The van der Waals surface area contributed by atoms with Crippen molar-refractivity contribution in [2.24, 2.45) is 0 Å². The maximum atomic E-state index is 12.3. The van der Waals surface area contributed by atoms with Crippen LogP contribution in [0.25, 0.3) is 0 Å². The largest absolute Gasteiger partial charge is 0.482 e. The van der Waals surface area contributed by atoms with Crippen LogP contribution in [0, 0.1) is 0 Å². The summed E-state index contributed by atoms with van der Waals surface area (Å²) in [7, 11) is 0. The highest BCUT2D eigenvalue weighted by molar-refractivity contribution is 7.98. The van der Waals surface area contributed by atoms with Crippen LogP contribution in [0.5, 0.6) is 5.75 Å². The number of rotatable bonds is 4. The number of hydrogen-bond donors (Lipinski definition) is 1. The van der Waals surface area contributed by atoms with Crippen molar-refractivity contribution in [3.8, 4) is 5.75 Å². The fourth-order valence-electron chi connectivity index (χ4n) is 2.37. The zero-order chi connectivity index (χ0) is 17.1. The molecule has 0 radical (unpaired) electrons. The van der Waals surface area contributed by atoms with E-state index in [9.17, 15) is 9.59 Å². The number of amides is 2. The van der Waals surface area contributed by atoms with Gasteiger partial charge in [-0.1, -0.05) is 11.6 Å². The maximum absolute atomic E-state index is 12.3. The van der Waals surface area contributed by atoms with Crippen LogP contribution < -0.4 is 15.0 Å². The van der Waals surface area contributed by atoms with Crippen LogP contribution in [-0.2, 0) is 9.59 Å². The summed E-state index contributed by atoms with van der Waals surface area (Å²) >= 11 is 7.62. The van der Waals surface area contributed by atoms with Crippen LogP contribution in [-0.4, -0.2) is 31.2 Å². The van der Waals surface area contributed by atoms with Gasteiger partial charge in [0.1, 0.15) is 12.3 Å². The Morgan fingerprint density at radius 2 is 2.04 bits per heavy atom. The van der Waals surface area contributed by atoms with E-state index in [0.717, 1.165) is 4.90 Å². The first kappa shape index (κ1) is 16.7. The van der Waals surface area contributed by atoms with Gasteiger partial charge in [-0.2, -0.15) is 0 Å². The second-order valence-electron chi connectivity index (χ2n) is 5.16. The standard InChI is InChI=1S/C17H15ClN2O3S/c1-24-13-5-3-12(4-6-13)19-16(21)9-20-14-8-11(18)2-7-15(14)23-10-17(20)22/h2-8H,9-10H2,1H3,(H,19,21).